The fourth-order valence-corrected chi connectivity index (χ4v) is 5.40. The van der Waals surface area contributed by atoms with Crippen molar-refractivity contribution in [2.24, 2.45) is 0 Å². The van der Waals surface area contributed by atoms with Crippen LogP contribution in [-0.2, 0) is 16.4 Å². The Morgan fingerprint density at radius 2 is 1.93 bits per heavy atom. The van der Waals surface area contributed by atoms with Gasteiger partial charge in [-0.05, 0) is 55.3 Å². The van der Waals surface area contributed by atoms with E-state index >= 15 is 0 Å². The number of sulfonamides is 1. The van der Waals surface area contributed by atoms with Gasteiger partial charge in [0, 0.05) is 16.7 Å². The first-order chi connectivity index (χ1) is 14.4. The molecule has 1 N–H and O–H groups in total. The Bertz CT molecular complexity index is 1190. The van der Waals surface area contributed by atoms with Crippen LogP contribution in [-0.4, -0.2) is 36.4 Å². The molecule has 0 aliphatic carbocycles. The van der Waals surface area contributed by atoms with Gasteiger partial charge >= 0.3 is 0 Å². The second-order valence-electron chi connectivity index (χ2n) is 6.99. The van der Waals surface area contributed by atoms with E-state index in [2.05, 4.69) is 26.3 Å². The van der Waals surface area contributed by atoms with Crippen molar-refractivity contribution in [3.05, 3.63) is 70.5 Å². The van der Waals surface area contributed by atoms with Gasteiger partial charge in [0.25, 0.3) is 5.91 Å². The number of rotatable bonds is 5. The van der Waals surface area contributed by atoms with E-state index in [9.17, 15) is 13.2 Å². The van der Waals surface area contributed by atoms with Crippen molar-refractivity contribution in [3.63, 3.8) is 0 Å². The lowest BCUT2D eigenvalue weighted by Crippen LogP contribution is -2.25. The summed E-state index contributed by atoms with van der Waals surface area (Å²) in [7, 11) is -3.27. The minimum Gasteiger partial charge on any atom is -0.322 e. The van der Waals surface area contributed by atoms with Gasteiger partial charge in [-0.25, -0.2) is 13.1 Å². The summed E-state index contributed by atoms with van der Waals surface area (Å²) in [6, 6.07) is 14.6. The fraction of sp³-hybridized carbons (Fsp3) is 0.238. The first-order valence-electron chi connectivity index (χ1n) is 9.64. The molecule has 1 amide bonds. The zero-order valence-corrected chi connectivity index (χ0v) is 18.8. The Labute approximate surface area is 183 Å². The highest BCUT2D eigenvalue weighted by molar-refractivity contribution is 9.10. The topological polar surface area (TPSA) is 84.3 Å². The summed E-state index contributed by atoms with van der Waals surface area (Å²) in [5, 5.41) is 7.28. The van der Waals surface area contributed by atoms with Gasteiger partial charge in [0.1, 0.15) is 0 Å². The van der Waals surface area contributed by atoms with Gasteiger partial charge in [-0.1, -0.05) is 28.9 Å². The zero-order valence-electron chi connectivity index (χ0n) is 16.4. The SMILES string of the molecule is CCc1c(C(=O)Nc2cccc(N3CCCS3(=O)=O)c2)cnn1-c1ccc(Br)cc1. The zero-order chi connectivity index (χ0) is 21.3. The quantitative estimate of drug-likeness (QED) is 0.588. The lowest BCUT2D eigenvalue weighted by molar-refractivity contribution is 0.102. The molecule has 2 aromatic carbocycles. The first-order valence-corrected chi connectivity index (χ1v) is 12.0. The maximum absolute atomic E-state index is 12.9. The van der Waals surface area contributed by atoms with E-state index in [4.69, 9.17) is 0 Å². The lowest BCUT2D eigenvalue weighted by Gasteiger charge is -2.17. The second-order valence-corrected chi connectivity index (χ2v) is 9.92. The highest BCUT2D eigenvalue weighted by Crippen LogP contribution is 2.27. The maximum atomic E-state index is 12.9. The number of hydrogen-bond donors (Lipinski definition) is 1. The Morgan fingerprint density at radius 1 is 1.17 bits per heavy atom. The standard InChI is InChI=1S/C21H21BrN4O3S/c1-2-20-19(14-23-26(20)17-9-7-15(22)8-10-17)21(27)24-16-5-3-6-18(13-16)25-11-4-12-30(25,28)29/h3,5-10,13-14H,2,4,11-12H2,1H3,(H,24,27). The van der Waals surface area contributed by atoms with E-state index in [0.717, 1.165) is 15.9 Å². The number of nitrogens with zero attached hydrogens (tertiary/aromatic N) is 3. The number of carbonyl (C=O) groups excluding carboxylic acids is 1. The molecule has 0 bridgehead atoms. The molecule has 0 radical (unpaired) electrons. The smallest absolute Gasteiger partial charge is 0.259 e. The number of benzene rings is 2. The van der Waals surface area contributed by atoms with Crippen LogP contribution in [0.5, 0.6) is 0 Å². The van der Waals surface area contributed by atoms with E-state index in [1.165, 1.54) is 4.31 Å². The summed E-state index contributed by atoms with van der Waals surface area (Å²) < 4.78 is 28.5. The van der Waals surface area contributed by atoms with Crippen LogP contribution in [0.25, 0.3) is 5.69 Å². The molecule has 1 saturated heterocycles. The molecule has 1 fully saturated rings. The number of anilines is 2. The maximum Gasteiger partial charge on any atom is 0.259 e. The molecule has 1 aliphatic heterocycles. The number of aromatic nitrogens is 2. The first kappa shape index (κ1) is 20.6. The average molecular weight is 489 g/mol. The largest absolute Gasteiger partial charge is 0.322 e. The molecule has 156 valence electrons. The Balaban J connectivity index is 1.59. The molecule has 2 heterocycles. The third-order valence-electron chi connectivity index (χ3n) is 5.01. The Morgan fingerprint density at radius 3 is 2.60 bits per heavy atom. The van der Waals surface area contributed by atoms with Crippen LogP contribution in [0.4, 0.5) is 11.4 Å². The molecular weight excluding hydrogens is 468 g/mol. The van der Waals surface area contributed by atoms with Crippen molar-refractivity contribution in [1.29, 1.82) is 0 Å². The monoisotopic (exact) mass is 488 g/mol. The van der Waals surface area contributed by atoms with Crippen molar-refractivity contribution in [2.75, 3.05) is 21.9 Å². The number of carbonyl (C=O) groups is 1. The molecule has 3 aromatic rings. The van der Waals surface area contributed by atoms with Gasteiger partial charge in [0.15, 0.2) is 0 Å². The van der Waals surface area contributed by atoms with Gasteiger partial charge in [-0.2, -0.15) is 5.10 Å². The summed E-state index contributed by atoms with van der Waals surface area (Å²) in [4.78, 5) is 12.9. The molecule has 0 saturated carbocycles. The molecule has 30 heavy (non-hydrogen) atoms. The van der Waals surface area contributed by atoms with Crippen molar-refractivity contribution in [1.82, 2.24) is 9.78 Å². The molecular formula is C21H21BrN4O3S. The molecule has 4 rings (SSSR count). The number of halogens is 1. The van der Waals surface area contributed by atoms with E-state index in [1.54, 1.807) is 35.1 Å². The van der Waals surface area contributed by atoms with Crippen LogP contribution in [0.15, 0.2) is 59.2 Å². The van der Waals surface area contributed by atoms with Gasteiger partial charge in [0.2, 0.25) is 10.0 Å². The normalized spacial score (nSPS) is 15.3. The van der Waals surface area contributed by atoms with Crippen molar-refractivity contribution >= 4 is 43.2 Å². The third-order valence-corrected chi connectivity index (χ3v) is 7.41. The molecule has 0 atom stereocenters. The van der Waals surface area contributed by atoms with Gasteiger partial charge in [-0.15, -0.1) is 0 Å². The van der Waals surface area contributed by atoms with Gasteiger partial charge in [0.05, 0.1) is 34.6 Å². The summed E-state index contributed by atoms with van der Waals surface area (Å²) >= 11 is 3.42. The van der Waals surface area contributed by atoms with Crippen molar-refractivity contribution in [2.45, 2.75) is 19.8 Å². The molecule has 1 aromatic heterocycles. The van der Waals surface area contributed by atoms with Crippen LogP contribution in [0.3, 0.4) is 0 Å². The Kier molecular flexibility index (Phi) is 5.66. The van der Waals surface area contributed by atoms with Crippen LogP contribution in [0.2, 0.25) is 0 Å². The van der Waals surface area contributed by atoms with E-state index in [-0.39, 0.29) is 11.7 Å². The van der Waals surface area contributed by atoms with E-state index < -0.39 is 10.0 Å². The molecule has 7 nitrogen and oxygen atoms in total. The van der Waals surface area contributed by atoms with Crippen LogP contribution in [0, 0.1) is 0 Å². The number of nitrogens with one attached hydrogen (secondary N) is 1. The minimum atomic E-state index is -3.27. The third kappa shape index (κ3) is 3.99. The van der Waals surface area contributed by atoms with Crippen molar-refractivity contribution in [3.8, 4) is 5.69 Å². The van der Waals surface area contributed by atoms with Gasteiger partial charge in [-0.3, -0.25) is 9.10 Å². The molecule has 0 spiro atoms. The minimum absolute atomic E-state index is 0.151. The van der Waals surface area contributed by atoms with Crippen LogP contribution < -0.4 is 9.62 Å². The molecule has 0 unspecified atom stereocenters. The van der Waals surface area contributed by atoms with Crippen LogP contribution in [0.1, 0.15) is 29.4 Å². The lowest BCUT2D eigenvalue weighted by atomic mass is 10.1. The highest BCUT2D eigenvalue weighted by Gasteiger charge is 2.28. The average Bonchev–Trinajstić information content (AvgIpc) is 3.31. The summed E-state index contributed by atoms with van der Waals surface area (Å²) in [5.41, 5.74) is 3.26. The Hall–Kier alpha value is -2.65. The van der Waals surface area contributed by atoms with E-state index in [0.29, 0.717) is 36.3 Å². The fourth-order valence-electron chi connectivity index (χ4n) is 3.58. The van der Waals surface area contributed by atoms with Crippen LogP contribution >= 0.6 is 15.9 Å². The predicted octanol–water partition coefficient (Wildman–Crippen LogP) is 3.99. The van der Waals surface area contributed by atoms with E-state index in [1.807, 2.05) is 31.2 Å². The molecule has 9 heteroatoms. The number of amides is 1. The predicted molar refractivity (Wildman–Crippen MR) is 121 cm³/mol. The second kappa shape index (κ2) is 8.23. The number of hydrogen-bond acceptors (Lipinski definition) is 4. The van der Waals surface area contributed by atoms with Crippen molar-refractivity contribution < 1.29 is 13.2 Å². The molecule has 1 aliphatic rings. The van der Waals surface area contributed by atoms with Gasteiger partial charge < -0.3 is 5.32 Å². The summed E-state index contributed by atoms with van der Waals surface area (Å²) in [6.07, 6.45) is 2.80. The summed E-state index contributed by atoms with van der Waals surface area (Å²) in [5.74, 6) is -0.129. The highest BCUT2D eigenvalue weighted by atomic mass is 79.9. The summed E-state index contributed by atoms with van der Waals surface area (Å²) in [6.45, 7) is 2.43.